The lowest BCUT2D eigenvalue weighted by molar-refractivity contribution is -0.0396. The molecule has 0 bridgehead atoms. The lowest BCUT2D eigenvalue weighted by Crippen LogP contribution is -2.26. The summed E-state index contributed by atoms with van der Waals surface area (Å²) in [7, 11) is 0. The van der Waals surface area contributed by atoms with E-state index in [1.807, 2.05) is 26.0 Å². The molecule has 0 aliphatic carbocycles. The summed E-state index contributed by atoms with van der Waals surface area (Å²) >= 11 is 0. The Balaban J connectivity index is 2.63. The molecule has 0 radical (unpaired) electrons. The van der Waals surface area contributed by atoms with E-state index in [9.17, 15) is 15.3 Å². The molecule has 2 aromatic rings. The minimum atomic E-state index is -0.627. The number of ether oxygens (including phenoxy) is 1. The number of fused-ring (bicyclic) bond motifs is 1. The van der Waals surface area contributed by atoms with E-state index in [1.54, 1.807) is 12.1 Å². The molecule has 1 atom stereocenters. The molecule has 0 saturated carbocycles. The maximum atomic E-state index is 10.6. The second kappa shape index (κ2) is 7.22. The van der Waals surface area contributed by atoms with Crippen molar-refractivity contribution in [2.24, 2.45) is 0 Å². The first-order valence-electron chi connectivity index (χ1n) is 8.88. The van der Waals surface area contributed by atoms with Crippen LogP contribution in [-0.4, -0.2) is 28.5 Å². The van der Waals surface area contributed by atoms with Gasteiger partial charge in [-0.15, -0.1) is 0 Å². The Kier molecular flexibility index (Phi) is 5.65. The molecule has 1 unspecified atom stereocenters. The van der Waals surface area contributed by atoms with Crippen LogP contribution < -0.4 is 0 Å². The molecular formula is C21H30O4. The number of phenolic OH excluding ortho intramolecular Hbond substituents is 2. The van der Waals surface area contributed by atoms with Gasteiger partial charge in [-0.2, -0.15) is 0 Å². The molecule has 0 aliphatic rings. The van der Waals surface area contributed by atoms with E-state index >= 15 is 0 Å². The fourth-order valence-corrected chi connectivity index (χ4v) is 3.20. The summed E-state index contributed by atoms with van der Waals surface area (Å²) in [4.78, 5) is 0. The Labute approximate surface area is 150 Å². The van der Waals surface area contributed by atoms with Gasteiger partial charge in [0.25, 0.3) is 0 Å². The van der Waals surface area contributed by atoms with Crippen LogP contribution in [0.4, 0.5) is 0 Å². The molecule has 3 N–H and O–H groups in total. The van der Waals surface area contributed by atoms with Crippen LogP contribution in [0.3, 0.4) is 0 Å². The average molecular weight is 346 g/mol. The monoisotopic (exact) mass is 346 g/mol. The highest BCUT2D eigenvalue weighted by atomic mass is 16.5. The third kappa shape index (κ3) is 4.07. The Morgan fingerprint density at radius 2 is 1.40 bits per heavy atom. The molecule has 4 nitrogen and oxygen atoms in total. The molecule has 0 aliphatic heterocycles. The molecule has 0 fully saturated rings. The second-order valence-corrected chi connectivity index (χ2v) is 7.83. The van der Waals surface area contributed by atoms with E-state index in [2.05, 4.69) is 20.8 Å². The molecule has 4 heteroatoms. The fourth-order valence-electron chi connectivity index (χ4n) is 3.20. The Morgan fingerprint density at radius 1 is 0.880 bits per heavy atom. The topological polar surface area (TPSA) is 69.9 Å². The van der Waals surface area contributed by atoms with E-state index in [0.29, 0.717) is 30.2 Å². The van der Waals surface area contributed by atoms with E-state index in [-0.39, 0.29) is 23.5 Å². The summed E-state index contributed by atoms with van der Waals surface area (Å²) in [5, 5.41) is 31.6. The smallest absolute Gasteiger partial charge is 0.123 e. The van der Waals surface area contributed by atoms with Gasteiger partial charge in [0, 0.05) is 24.0 Å². The van der Waals surface area contributed by atoms with Gasteiger partial charge in [-0.1, -0.05) is 20.8 Å². The first-order chi connectivity index (χ1) is 11.6. The lowest BCUT2D eigenvalue weighted by Gasteiger charge is -2.31. The van der Waals surface area contributed by atoms with Crippen molar-refractivity contribution in [2.45, 2.75) is 58.5 Å². The number of hydrogen-bond acceptors (Lipinski definition) is 4. The highest BCUT2D eigenvalue weighted by Gasteiger charge is 2.28. The highest BCUT2D eigenvalue weighted by Crippen LogP contribution is 2.41. The van der Waals surface area contributed by atoms with E-state index in [1.165, 1.54) is 0 Å². The van der Waals surface area contributed by atoms with E-state index < -0.39 is 5.60 Å². The number of rotatable bonds is 6. The van der Waals surface area contributed by atoms with Crippen molar-refractivity contribution >= 4 is 10.8 Å². The lowest BCUT2D eigenvalue weighted by atomic mass is 9.84. The van der Waals surface area contributed by atoms with Gasteiger partial charge >= 0.3 is 0 Å². The van der Waals surface area contributed by atoms with Crippen LogP contribution in [0, 0.1) is 0 Å². The minimum Gasteiger partial charge on any atom is -0.507 e. The van der Waals surface area contributed by atoms with Gasteiger partial charge in [-0.3, -0.25) is 0 Å². The van der Waals surface area contributed by atoms with Gasteiger partial charge in [-0.25, -0.2) is 0 Å². The third-order valence-corrected chi connectivity index (χ3v) is 4.78. The van der Waals surface area contributed by atoms with Crippen molar-refractivity contribution in [1.29, 1.82) is 0 Å². The molecule has 0 saturated heterocycles. The number of hydrogen-bond donors (Lipinski definition) is 3. The average Bonchev–Trinajstić information content (AvgIpc) is 2.52. The second-order valence-electron chi connectivity index (χ2n) is 7.83. The maximum Gasteiger partial charge on any atom is 0.123 e. The third-order valence-electron chi connectivity index (χ3n) is 4.78. The summed E-state index contributed by atoms with van der Waals surface area (Å²) in [6, 6.07) is 7.28. The first-order valence-corrected chi connectivity index (χ1v) is 8.88. The van der Waals surface area contributed by atoms with Gasteiger partial charge in [0.1, 0.15) is 11.5 Å². The Morgan fingerprint density at radius 3 is 1.88 bits per heavy atom. The van der Waals surface area contributed by atoms with E-state index in [0.717, 1.165) is 11.1 Å². The van der Waals surface area contributed by atoms with Crippen molar-refractivity contribution in [2.75, 3.05) is 13.2 Å². The van der Waals surface area contributed by atoms with Crippen LogP contribution in [-0.2, 0) is 15.8 Å². The zero-order valence-corrected chi connectivity index (χ0v) is 15.9. The predicted molar refractivity (Wildman–Crippen MR) is 101 cm³/mol. The standard InChI is InChI=1S/C21H30O4/c1-6-25-21(5,8-7-9-22)15-11-17-16(19(24)13-15)10-14(12-18(17)23)20(2,3)4/h10-13,22-24H,6-9H2,1-5H3. The number of aliphatic hydroxyl groups is 1. The molecule has 0 amide bonds. The highest BCUT2D eigenvalue weighted by molar-refractivity contribution is 5.94. The van der Waals surface area contributed by atoms with Crippen LogP contribution in [0.25, 0.3) is 10.8 Å². The molecule has 2 aromatic carbocycles. The van der Waals surface area contributed by atoms with Crippen molar-refractivity contribution in [3.8, 4) is 11.5 Å². The molecule has 2 rings (SSSR count). The molecule has 25 heavy (non-hydrogen) atoms. The number of phenols is 2. The van der Waals surface area contributed by atoms with Crippen LogP contribution in [0.15, 0.2) is 24.3 Å². The van der Waals surface area contributed by atoms with Gasteiger partial charge in [0.05, 0.1) is 5.60 Å². The summed E-state index contributed by atoms with van der Waals surface area (Å²) < 4.78 is 5.94. The zero-order valence-electron chi connectivity index (χ0n) is 15.9. The minimum absolute atomic E-state index is 0.0857. The van der Waals surface area contributed by atoms with Crippen molar-refractivity contribution in [1.82, 2.24) is 0 Å². The Bertz CT molecular complexity index is 746. The molecule has 138 valence electrons. The number of aliphatic hydroxyl groups excluding tert-OH is 1. The van der Waals surface area contributed by atoms with Crippen LogP contribution >= 0.6 is 0 Å². The summed E-state index contributed by atoms with van der Waals surface area (Å²) in [5.74, 6) is 0.282. The van der Waals surface area contributed by atoms with Crippen LogP contribution in [0.1, 0.15) is 58.6 Å². The zero-order chi connectivity index (χ0) is 18.8. The Hall–Kier alpha value is -1.78. The normalized spacial score (nSPS) is 14.6. The van der Waals surface area contributed by atoms with Crippen molar-refractivity contribution in [3.63, 3.8) is 0 Å². The van der Waals surface area contributed by atoms with Gasteiger partial charge in [-0.05, 0) is 67.5 Å². The van der Waals surface area contributed by atoms with Crippen molar-refractivity contribution < 1.29 is 20.1 Å². The van der Waals surface area contributed by atoms with Crippen molar-refractivity contribution in [3.05, 3.63) is 35.4 Å². The molecular weight excluding hydrogens is 316 g/mol. The van der Waals surface area contributed by atoms with Gasteiger partial charge < -0.3 is 20.1 Å². The predicted octanol–water partition coefficient (Wildman–Crippen LogP) is 4.57. The molecule has 0 heterocycles. The van der Waals surface area contributed by atoms with Gasteiger partial charge in [0.15, 0.2) is 0 Å². The number of aromatic hydroxyl groups is 2. The van der Waals surface area contributed by atoms with Crippen LogP contribution in [0.5, 0.6) is 11.5 Å². The fraction of sp³-hybridized carbons (Fsp3) is 0.524. The summed E-state index contributed by atoms with van der Waals surface area (Å²) in [5.41, 5.74) is 1.01. The first kappa shape index (κ1) is 19.5. The number of benzene rings is 2. The summed E-state index contributed by atoms with van der Waals surface area (Å²) in [6.07, 6.45) is 1.23. The largest absolute Gasteiger partial charge is 0.507 e. The van der Waals surface area contributed by atoms with E-state index in [4.69, 9.17) is 4.74 Å². The summed E-state index contributed by atoms with van der Waals surface area (Å²) in [6.45, 7) is 10.7. The quantitative estimate of drug-likeness (QED) is 0.716. The van der Waals surface area contributed by atoms with Crippen LogP contribution in [0.2, 0.25) is 0 Å². The molecule has 0 aromatic heterocycles. The SMILES string of the molecule is CCOC(C)(CCCO)c1cc(O)c2cc(C(C)(C)C)cc(O)c2c1. The maximum absolute atomic E-state index is 10.6. The van der Waals surface area contributed by atoms with Gasteiger partial charge in [0.2, 0.25) is 0 Å². The molecule has 0 spiro atoms.